The molecule has 4 N–H and O–H groups in total. The third kappa shape index (κ3) is 8.19. The molecule has 212 valence electrons. The minimum Gasteiger partial charge on any atom is -0.481 e. The summed E-state index contributed by atoms with van der Waals surface area (Å²) in [6.45, 7) is 9.69. The number of aliphatic imine (C=N–C) groups is 1. The zero-order valence-electron chi connectivity index (χ0n) is 23.7. The number of aryl methyl sites for hydroxylation is 1. The number of nitrogens with one attached hydrogen (secondary N) is 2. The van der Waals surface area contributed by atoms with Crippen LogP contribution in [0.3, 0.4) is 0 Å². The average molecular weight is 546 g/mol. The van der Waals surface area contributed by atoms with Crippen molar-refractivity contribution < 1.29 is 19.0 Å². The van der Waals surface area contributed by atoms with E-state index < -0.39 is 6.10 Å². The molecule has 1 aliphatic heterocycles. The first kappa shape index (κ1) is 28.9. The van der Waals surface area contributed by atoms with Crippen LogP contribution in [0.4, 0.5) is 0 Å². The largest absolute Gasteiger partial charge is 0.481 e. The SMILES string of the molecule is Cc1cc(CCOCN/C(C=NC(C)(C)C)=C/N)ccc1Oc1ccnc2ccc(OC3CCCNC3=O)cc12. The Morgan fingerprint density at radius 1 is 1.20 bits per heavy atom. The Hall–Kier alpha value is -4.11. The molecular formula is C31H39N5O4. The van der Waals surface area contributed by atoms with Crippen molar-refractivity contribution in [2.45, 2.75) is 58.6 Å². The third-order valence-electron chi connectivity index (χ3n) is 6.33. The van der Waals surface area contributed by atoms with Crippen LogP contribution in [-0.2, 0) is 16.0 Å². The highest BCUT2D eigenvalue weighted by Gasteiger charge is 2.24. The van der Waals surface area contributed by atoms with Crippen LogP contribution in [0.15, 0.2) is 65.6 Å². The van der Waals surface area contributed by atoms with Crippen molar-refractivity contribution in [3.8, 4) is 17.2 Å². The first-order valence-electron chi connectivity index (χ1n) is 13.6. The summed E-state index contributed by atoms with van der Waals surface area (Å²) in [4.78, 5) is 21.0. The van der Waals surface area contributed by atoms with Gasteiger partial charge < -0.3 is 30.6 Å². The number of nitrogens with two attached hydrogens (primary N) is 1. The standard InChI is InChI=1S/C31H39N5O4/c1-21-16-22(12-15-38-20-35-23(18-32)19-36-31(2,3)4)7-10-27(21)40-28-11-14-33-26-9-8-24(17-25(26)28)39-29-6-5-13-34-30(29)37/h7-11,14,16-19,29,35H,5-6,12-13,15,20,32H2,1-4H3,(H,34,37)/b23-18+,36-19?. The van der Waals surface area contributed by atoms with Gasteiger partial charge in [0.1, 0.15) is 24.0 Å². The molecule has 0 bridgehead atoms. The van der Waals surface area contributed by atoms with Gasteiger partial charge in [-0.15, -0.1) is 0 Å². The number of amides is 1. The van der Waals surface area contributed by atoms with Gasteiger partial charge >= 0.3 is 0 Å². The maximum atomic E-state index is 12.1. The molecule has 1 unspecified atom stereocenters. The maximum absolute atomic E-state index is 12.1. The second-order valence-electron chi connectivity index (χ2n) is 10.8. The Balaban J connectivity index is 1.34. The minimum absolute atomic E-state index is 0.0749. The van der Waals surface area contributed by atoms with E-state index in [1.54, 1.807) is 12.4 Å². The second-order valence-corrected chi connectivity index (χ2v) is 10.8. The van der Waals surface area contributed by atoms with E-state index in [-0.39, 0.29) is 11.4 Å². The highest BCUT2D eigenvalue weighted by atomic mass is 16.5. The fraction of sp³-hybridized carbons (Fsp3) is 0.387. The molecule has 0 radical (unpaired) electrons. The Morgan fingerprint density at radius 2 is 2.05 bits per heavy atom. The summed E-state index contributed by atoms with van der Waals surface area (Å²) in [6, 6.07) is 13.6. The van der Waals surface area contributed by atoms with Crippen molar-refractivity contribution in [1.82, 2.24) is 15.6 Å². The van der Waals surface area contributed by atoms with E-state index in [9.17, 15) is 4.79 Å². The molecule has 1 saturated heterocycles. The number of piperidine rings is 1. The number of hydrogen-bond donors (Lipinski definition) is 3. The van der Waals surface area contributed by atoms with Crippen LogP contribution in [0.1, 0.15) is 44.7 Å². The van der Waals surface area contributed by atoms with Gasteiger partial charge in [0.2, 0.25) is 0 Å². The van der Waals surface area contributed by atoms with E-state index in [4.69, 9.17) is 19.9 Å². The number of carbonyl (C=O) groups excluding carboxylic acids is 1. The predicted octanol–water partition coefficient (Wildman–Crippen LogP) is 4.77. The number of nitrogens with zero attached hydrogens (tertiary/aromatic N) is 2. The molecule has 2 aromatic carbocycles. The molecule has 1 aliphatic rings. The molecule has 3 aromatic rings. The number of hydrogen-bond acceptors (Lipinski definition) is 8. The van der Waals surface area contributed by atoms with Crippen LogP contribution in [-0.4, -0.2) is 48.6 Å². The van der Waals surface area contributed by atoms with Crippen molar-refractivity contribution in [1.29, 1.82) is 0 Å². The van der Waals surface area contributed by atoms with Gasteiger partial charge in [0, 0.05) is 30.5 Å². The van der Waals surface area contributed by atoms with Gasteiger partial charge in [-0.2, -0.15) is 0 Å². The molecule has 2 heterocycles. The van der Waals surface area contributed by atoms with Crippen LogP contribution >= 0.6 is 0 Å². The van der Waals surface area contributed by atoms with Gasteiger partial charge in [-0.25, -0.2) is 0 Å². The lowest BCUT2D eigenvalue weighted by Gasteiger charge is -2.23. The molecule has 9 nitrogen and oxygen atoms in total. The Labute approximate surface area is 235 Å². The quantitative estimate of drug-likeness (QED) is 0.180. The molecular weight excluding hydrogens is 506 g/mol. The molecule has 0 aliphatic carbocycles. The third-order valence-corrected chi connectivity index (χ3v) is 6.33. The molecule has 1 atom stereocenters. The second kappa shape index (κ2) is 13.3. The minimum atomic E-state index is -0.483. The van der Waals surface area contributed by atoms with E-state index in [0.29, 0.717) is 43.5 Å². The van der Waals surface area contributed by atoms with Gasteiger partial charge in [-0.1, -0.05) is 12.1 Å². The number of allylic oxidation sites excluding steroid dienone is 1. The Bertz CT molecular complexity index is 1380. The lowest BCUT2D eigenvalue weighted by atomic mass is 10.1. The van der Waals surface area contributed by atoms with Crippen LogP contribution in [0.5, 0.6) is 17.2 Å². The number of fused-ring (bicyclic) bond motifs is 1. The highest BCUT2D eigenvalue weighted by molar-refractivity contribution is 5.87. The van der Waals surface area contributed by atoms with E-state index in [1.165, 1.54) is 6.20 Å². The van der Waals surface area contributed by atoms with Crippen molar-refractivity contribution >= 4 is 23.0 Å². The molecule has 4 rings (SSSR count). The lowest BCUT2D eigenvalue weighted by molar-refractivity contribution is -0.129. The average Bonchev–Trinajstić information content (AvgIpc) is 2.92. The molecule has 9 heteroatoms. The maximum Gasteiger partial charge on any atom is 0.261 e. The van der Waals surface area contributed by atoms with Crippen LogP contribution < -0.4 is 25.8 Å². The first-order chi connectivity index (χ1) is 19.2. The molecule has 0 saturated carbocycles. The summed E-state index contributed by atoms with van der Waals surface area (Å²) >= 11 is 0. The fourth-order valence-corrected chi connectivity index (χ4v) is 4.19. The van der Waals surface area contributed by atoms with Crippen LogP contribution in [0.25, 0.3) is 10.9 Å². The number of carbonyl (C=O) groups is 1. The summed E-state index contributed by atoms with van der Waals surface area (Å²) in [7, 11) is 0. The smallest absolute Gasteiger partial charge is 0.261 e. The summed E-state index contributed by atoms with van der Waals surface area (Å²) in [5, 5.41) is 6.80. The molecule has 1 amide bonds. The molecule has 0 spiro atoms. The lowest BCUT2D eigenvalue weighted by Crippen LogP contribution is -2.43. The summed E-state index contributed by atoms with van der Waals surface area (Å²) < 4.78 is 18.1. The van der Waals surface area contributed by atoms with E-state index in [1.807, 2.05) is 64.1 Å². The number of ether oxygens (including phenoxy) is 3. The zero-order valence-corrected chi connectivity index (χ0v) is 23.7. The van der Waals surface area contributed by atoms with Crippen molar-refractivity contribution in [3.05, 3.63) is 71.7 Å². The normalized spacial score (nSPS) is 16.2. The van der Waals surface area contributed by atoms with Crippen LogP contribution in [0, 0.1) is 6.92 Å². The van der Waals surface area contributed by atoms with E-state index in [2.05, 4.69) is 26.7 Å². The summed E-state index contributed by atoms with van der Waals surface area (Å²) in [5.41, 5.74) is 9.17. The van der Waals surface area contributed by atoms with Gasteiger partial charge in [0.05, 0.1) is 23.4 Å². The highest BCUT2D eigenvalue weighted by Crippen LogP contribution is 2.33. The van der Waals surface area contributed by atoms with Gasteiger partial charge in [-0.05, 0) is 88.4 Å². The zero-order chi connectivity index (χ0) is 28.5. The van der Waals surface area contributed by atoms with Crippen molar-refractivity contribution in [2.24, 2.45) is 10.7 Å². The van der Waals surface area contributed by atoms with E-state index in [0.717, 1.165) is 40.6 Å². The summed E-state index contributed by atoms with van der Waals surface area (Å²) in [6.07, 6.45) is 6.80. The topological polar surface area (TPSA) is 120 Å². The van der Waals surface area contributed by atoms with Gasteiger partial charge in [0.25, 0.3) is 5.91 Å². The first-order valence-corrected chi connectivity index (χ1v) is 13.6. The monoisotopic (exact) mass is 545 g/mol. The Morgan fingerprint density at radius 3 is 2.80 bits per heavy atom. The number of rotatable bonds is 11. The molecule has 1 aromatic heterocycles. The number of pyridine rings is 1. The molecule has 1 fully saturated rings. The fourth-order valence-electron chi connectivity index (χ4n) is 4.19. The number of aromatic nitrogens is 1. The van der Waals surface area contributed by atoms with Gasteiger partial charge in [-0.3, -0.25) is 14.8 Å². The molecule has 40 heavy (non-hydrogen) atoms. The summed E-state index contributed by atoms with van der Waals surface area (Å²) in [5.74, 6) is 1.97. The Kier molecular flexibility index (Phi) is 9.60. The number of benzene rings is 2. The van der Waals surface area contributed by atoms with Crippen molar-refractivity contribution in [3.63, 3.8) is 0 Å². The van der Waals surface area contributed by atoms with Crippen LogP contribution in [0.2, 0.25) is 0 Å². The van der Waals surface area contributed by atoms with Gasteiger partial charge in [0.15, 0.2) is 6.10 Å². The van der Waals surface area contributed by atoms with E-state index >= 15 is 0 Å². The predicted molar refractivity (Wildman–Crippen MR) is 158 cm³/mol. The van der Waals surface area contributed by atoms with Crippen molar-refractivity contribution in [2.75, 3.05) is 19.9 Å².